The molecule has 1 fully saturated rings. The zero-order chi connectivity index (χ0) is 20.2. The molecule has 1 aliphatic rings. The molecule has 0 bridgehead atoms. The number of hydrogen-bond acceptors (Lipinski definition) is 4. The summed E-state index contributed by atoms with van der Waals surface area (Å²) in [6, 6.07) is 10.1. The lowest BCUT2D eigenvalue weighted by atomic mass is 9.95. The van der Waals surface area contributed by atoms with Gasteiger partial charge in [0.05, 0.1) is 17.7 Å². The average molecular weight is 373 g/mol. The number of nitriles is 1. The van der Waals surface area contributed by atoms with Crippen LogP contribution in [0.2, 0.25) is 0 Å². The highest BCUT2D eigenvalue weighted by atomic mass is 16.2. The highest BCUT2D eigenvalue weighted by Gasteiger charge is 2.34. The van der Waals surface area contributed by atoms with Gasteiger partial charge in [-0.25, -0.2) is 0 Å². The lowest BCUT2D eigenvalue weighted by Gasteiger charge is -2.18. The molecule has 2 rings (SSSR count). The number of carbonyl (C=O) groups excluding carboxylic acids is 2. The van der Waals surface area contributed by atoms with E-state index in [1.807, 2.05) is 31.2 Å². The quantitative estimate of drug-likeness (QED) is 0.639. The number of carbonyl (C=O) groups is 2. The minimum atomic E-state index is -0.0648. The third kappa shape index (κ3) is 7.79. The minimum Gasteiger partial charge on any atom is -0.362 e. The predicted molar refractivity (Wildman–Crippen MR) is 107 cm³/mol. The summed E-state index contributed by atoms with van der Waals surface area (Å²) in [6.07, 6.45) is 4.68. The van der Waals surface area contributed by atoms with Crippen LogP contribution >= 0.6 is 0 Å². The first kappa shape index (κ1) is 22.7. The van der Waals surface area contributed by atoms with Gasteiger partial charge in [-0.05, 0) is 56.7 Å². The van der Waals surface area contributed by atoms with Crippen molar-refractivity contribution >= 4 is 12.3 Å². The molecule has 6 heteroatoms. The molecule has 4 atom stereocenters. The Morgan fingerprint density at radius 2 is 2.04 bits per heavy atom. The maximum atomic E-state index is 12.4. The number of rotatable bonds is 7. The molecule has 148 valence electrons. The Hall–Kier alpha value is -2.39. The van der Waals surface area contributed by atoms with Crippen LogP contribution in [0.5, 0.6) is 0 Å². The van der Waals surface area contributed by atoms with Gasteiger partial charge in [-0.15, -0.1) is 0 Å². The zero-order valence-electron chi connectivity index (χ0n) is 16.8. The number of hydrogen-bond donors (Lipinski definition) is 3. The number of benzene rings is 1. The number of amides is 2. The van der Waals surface area contributed by atoms with Crippen LogP contribution in [0.4, 0.5) is 0 Å². The molecule has 27 heavy (non-hydrogen) atoms. The Labute approximate surface area is 162 Å². The molecule has 1 saturated heterocycles. The van der Waals surface area contributed by atoms with Gasteiger partial charge in [0, 0.05) is 19.1 Å². The van der Waals surface area contributed by atoms with Gasteiger partial charge >= 0.3 is 0 Å². The fourth-order valence-corrected chi connectivity index (χ4v) is 3.41. The summed E-state index contributed by atoms with van der Waals surface area (Å²) in [6.45, 7) is 6.39. The maximum Gasteiger partial charge on any atom is 0.237 e. The Balaban J connectivity index is 0.000000828. The van der Waals surface area contributed by atoms with Crippen LogP contribution < -0.4 is 16.0 Å². The third-order valence-corrected chi connectivity index (χ3v) is 4.82. The Kier molecular flexibility index (Phi) is 10.1. The van der Waals surface area contributed by atoms with E-state index in [9.17, 15) is 4.79 Å². The van der Waals surface area contributed by atoms with Gasteiger partial charge in [0.15, 0.2) is 0 Å². The molecule has 1 aromatic carbocycles. The molecule has 0 spiro atoms. The summed E-state index contributed by atoms with van der Waals surface area (Å²) in [5, 5.41) is 17.6. The van der Waals surface area contributed by atoms with Crippen LogP contribution in [0.1, 0.15) is 51.2 Å². The molecule has 0 aliphatic carbocycles. The lowest BCUT2D eigenvalue weighted by Crippen LogP contribution is -2.46. The summed E-state index contributed by atoms with van der Waals surface area (Å²) in [5.74, 6) is 0.709. The van der Waals surface area contributed by atoms with Crippen LogP contribution in [0.15, 0.2) is 24.3 Å². The van der Waals surface area contributed by atoms with Crippen LogP contribution in [0.3, 0.4) is 0 Å². The van der Waals surface area contributed by atoms with E-state index < -0.39 is 0 Å². The summed E-state index contributed by atoms with van der Waals surface area (Å²) < 4.78 is 0. The minimum absolute atomic E-state index is 0.0648. The topological polar surface area (TPSA) is 94.0 Å². The maximum absolute atomic E-state index is 12.4. The SMILES string of the molecule is CCCC1CC(C(=O)NC(C)Cc2ccc(C#N)cc2)NC1C.CNC=O. The van der Waals surface area contributed by atoms with Gasteiger partial charge in [0.25, 0.3) is 0 Å². The van der Waals surface area contributed by atoms with Crippen molar-refractivity contribution in [1.82, 2.24) is 16.0 Å². The van der Waals surface area contributed by atoms with Crippen molar-refractivity contribution in [1.29, 1.82) is 5.26 Å². The summed E-state index contributed by atoms with van der Waals surface area (Å²) in [4.78, 5) is 21.5. The first-order valence-corrected chi connectivity index (χ1v) is 9.61. The van der Waals surface area contributed by atoms with Crippen LogP contribution in [0, 0.1) is 17.2 Å². The normalized spacial score (nSPS) is 22.0. The fraction of sp³-hybridized carbons (Fsp3) is 0.571. The van der Waals surface area contributed by atoms with E-state index >= 15 is 0 Å². The molecular weight excluding hydrogens is 340 g/mol. The van der Waals surface area contributed by atoms with Crippen LogP contribution in [-0.4, -0.2) is 37.5 Å². The van der Waals surface area contributed by atoms with Crippen LogP contribution in [-0.2, 0) is 16.0 Å². The van der Waals surface area contributed by atoms with E-state index in [-0.39, 0.29) is 18.0 Å². The van der Waals surface area contributed by atoms with Crippen molar-refractivity contribution in [3.63, 3.8) is 0 Å². The first-order chi connectivity index (χ1) is 12.9. The lowest BCUT2D eigenvalue weighted by molar-refractivity contribution is -0.123. The second-order valence-electron chi connectivity index (χ2n) is 7.12. The van der Waals surface area contributed by atoms with Gasteiger partial charge < -0.3 is 16.0 Å². The first-order valence-electron chi connectivity index (χ1n) is 9.61. The molecule has 1 aromatic rings. The standard InChI is InChI=1S/C19H27N3O.C2H5NO/c1-4-5-17-11-18(22-14(17)3)19(23)21-13(2)10-15-6-8-16(12-20)9-7-15;1-3-2-4/h6-9,13-14,17-18,22H,4-5,10-11H2,1-3H3,(H,21,23);2H,1H3,(H,3,4). The van der Waals surface area contributed by atoms with Crippen molar-refractivity contribution in [3.8, 4) is 6.07 Å². The average Bonchev–Trinajstić information content (AvgIpc) is 3.03. The zero-order valence-corrected chi connectivity index (χ0v) is 16.8. The molecule has 2 amide bonds. The second-order valence-corrected chi connectivity index (χ2v) is 7.12. The summed E-state index contributed by atoms with van der Waals surface area (Å²) in [7, 11) is 1.56. The largest absolute Gasteiger partial charge is 0.362 e. The van der Waals surface area contributed by atoms with Crippen molar-refractivity contribution in [2.24, 2.45) is 5.92 Å². The van der Waals surface area contributed by atoms with Crippen molar-refractivity contribution < 1.29 is 9.59 Å². The Morgan fingerprint density at radius 1 is 1.41 bits per heavy atom. The van der Waals surface area contributed by atoms with E-state index in [2.05, 4.69) is 35.9 Å². The number of nitrogens with one attached hydrogen (secondary N) is 3. The van der Waals surface area contributed by atoms with E-state index in [4.69, 9.17) is 10.1 Å². The molecular formula is C21H32N4O2. The molecule has 4 unspecified atom stereocenters. The summed E-state index contributed by atoms with van der Waals surface area (Å²) in [5.41, 5.74) is 1.80. The second kappa shape index (κ2) is 12.1. The van der Waals surface area contributed by atoms with E-state index in [0.717, 1.165) is 18.4 Å². The fourth-order valence-electron chi connectivity index (χ4n) is 3.41. The van der Waals surface area contributed by atoms with Crippen molar-refractivity contribution in [2.45, 2.75) is 64.6 Å². The summed E-state index contributed by atoms with van der Waals surface area (Å²) >= 11 is 0. The molecule has 3 N–H and O–H groups in total. The van der Waals surface area contributed by atoms with Crippen molar-refractivity contribution in [2.75, 3.05) is 7.05 Å². The third-order valence-electron chi connectivity index (χ3n) is 4.82. The highest BCUT2D eigenvalue weighted by molar-refractivity contribution is 5.82. The predicted octanol–water partition coefficient (Wildman–Crippen LogP) is 2.13. The Bertz CT molecular complexity index is 624. The smallest absolute Gasteiger partial charge is 0.237 e. The molecule has 1 aliphatic heterocycles. The van der Waals surface area contributed by atoms with Crippen molar-refractivity contribution in [3.05, 3.63) is 35.4 Å². The number of nitrogens with zero attached hydrogens (tertiary/aromatic N) is 1. The molecule has 0 radical (unpaired) electrons. The Morgan fingerprint density at radius 3 is 2.56 bits per heavy atom. The van der Waals surface area contributed by atoms with Gasteiger partial charge in [-0.2, -0.15) is 5.26 Å². The van der Waals surface area contributed by atoms with Gasteiger partial charge in [-0.1, -0.05) is 25.5 Å². The van der Waals surface area contributed by atoms with E-state index in [1.54, 1.807) is 7.05 Å². The monoisotopic (exact) mass is 372 g/mol. The molecule has 6 nitrogen and oxygen atoms in total. The van der Waals surface area contributed by atoms with Gasteiger partial charge in [0.1, 0.15) is 0 Å². The molecule has 0 saturated carbocycles. The van der Waals surface area contributed by atoms with Gasteiger partial charge in [0.2, 0.25) is 12.3 Å². The van der Waals surface area contributed by atoms with Crippen LogP contribution in [0.25, 0.3) is 0 Å². The molecule has 1 heterocycles. The highest BCUT2D eigenvalue weighted by Crippen LogP contribution is 2.25. The van der Waals surface area contributed by atoms with Gasteiger partial charge in [-0.3, -0.25) is 9.59 Å². The van der Waals surface area contributed by atoms with E-state index in [0.29, 0.717) is 23.9 Å². The molecule has 0 aromatic heterocycles. The van der Waals surface area contributed by atoms with E-state index in [1.165, 1.54) is 12.8 Å².